The lowest BCUT2D eigenvalue weighted by molar-refractivity contribution is -0.145. The van der Waals surface area contributed by atoms with Gasteiger partial charge in [0.15, 0.2) is 0 Å². The molecule has 0 saturated carbocycles. The highest BCUT2D eigenvalue weighted by atomic mass is 32.1. The molecule has 2 amide bonds. The van der Waals surface area contributed by atoms with E-state index in [1.807, 2.05) is 6.92 Å². The number of urea groups is 1. The summed E-state index contributed by atoms with van der Waals surface area (Å²) in [6.07, 6.45) is 0.925. The standard InChI is InChI=1S/C10H13N3O5S/c1-5-11-3-6(19-5)4-12-10(18)13-7(9(16)17)2-8(14)15/h3,7H,2,4H2,1H3,(H,14,15)(H,16,17)(H2,12,13,18)/t7-/m0/s1. The Balaban J connectivity index is 2.44. The summed E-state index contributed by atoms with van der Waals surface area (Å²) in [6.45, 7) is 2.03. The molecule has 0 saturated heterocycles. The van der Waals surface area contributed by atoms with E-state index in [9.17, 15) is 14.4 Å². The van der Waals surface area contributed by atoms with Crippen LogP contribution in [0.15, 0.2) is 6.20 Å². The van der Waals surface area contributed by atoms with E-state index in [0.29, 0.717) is 0 Å². The Morgan fingerprint density at radius 2 is 2.11 bits per heavy atom. The zero-order chi connectivity index (χ0) is 14.4. The van der Waals surface area contributed by atoms with Crippen molar-refractivity contribution >= 4 is 29.3 Å². The molecular formula is C10H13N3O5S. The van der Waals surface area contributed by atoms with E-state index < -0.39 is 30.4 Å². The highest BCUT2D eigenvalue weighted by Crippen LogP contribution is 2.10. The SMILES string of the molecule is Cc1ncc(CNC(=O)N[C@@H](CC(=O)O)C(=O)O)s1. The molecule has 0 bridgehead atoms. The number of amides is 2. The van der Waals surface area contributed by atoms with Gasteiger partial charge in [-0.05, 0) is 6.92 Å². The van der Waals surface area contributed by atoms with Gasteiger partial charge in [-0.1, -0.05) is 0 Å². The van der Waals surface area contributed by atoms with Gasteiger partial charge in [-0.25, -0.2) is 14.6 Å². The summed E-state index contributed by atoms with van der Waals surface area (Å²) in [4.78, 5) is 37.4. The maximum absolute atomic E-state index is 11.4. The average molecular weight is 287 g/mol. The number of nitrogens with zero attached hydrogens (tertiary/aromatic N) is 1. The van der Waals surface area contributed by atoms with E-state index in [1.165, 1.54) is 11.3 Å². The van der Waals surface area contributed by atoms with Crippen LogP contribution in [-0.2, 0) is 16.1 Å². The van der Waals surface area contributed by atoms with Crippen molar-refractivity contribution in [1.82, 2.24) is 15.6 Å². The molecule has 104 valence electrons. The summed E-state index contributed by atoms with van der Waals surface area (Å²) >= 11 is 1.40. The Morgan fingerprint density at radius 3 is 2.58 bits per heavy atom. The van der Waals surface area contributed by atoms with E-state index in [1.54, 1.807) is 6.20 Å². The quantitative estimate of drug-likeness (QED) is 0.590. The molecule has 0 aliphatic carbocycles. The molecule has 9 heteroatoms. The van der Waals surface area contributed by atoms with E-state index in [0.717, 1.165) is 9.88 Å². The van der Waals surface area contributed by atoms with Crippen LogP contribution in [0.3, 0.4) is 0 Å². The van der Waals surface area contributed by atoms with Gasteiger partial charge >= 0.3 is 18.0 Å². The van der Waals surface area contributed by atoms with Gasteiger partial charge in [-0.3, -0.25) is 4.79 Å². The second-order valence-electron chi connectivity index (χ2n) is 3.66. The zero-order valence-corrected chi connectivity index (χ0v) is 10.9. The van der Waals surface area contributed by atoms with Crippen molar-refractivity contribution in [3.63, 3.8) is 0 Å². The van der Waals surface area contributed by atoms with E-state index >= 15 is 0 Å². The Morgan fingerprint density at radius 1 is 1.42 bits per heavy atom. The summed E-state index contributed by atoms with van der Waals surface area (Å²) in [6, 6.07) is -2.19. The van der Waals surface area contributed by atoms with Crippen molar-refractivity contribution < 1.29 is 24.6 Å². The molecule has 0 unspecified atom stereocenters. The number of hydrogen-bond acceptors (Lipinski definition) is 5. The molecule has 0 aliphatic heterocycles. The summed E-state index contributed by atoms with van der Waals surface area (Å²) in [5.41, 5.74) is 0. The molecule has 19 heavy (non-hydrogen) atoms. The second kappa shape index (κ2) is 6.69. The number of carboxylic acid groups (broad SMARTS) is 2. The minimum absolute atomic E-state index is 0.205. The highest BCUT2D eigenvalue weighted by Gasteiger charge is 2.22. The van der Waals surface area contributed by atoms with E-state index in [2.05, 4.69) is 15.6 Å². The van der Waals surface area contributed by atoms with Crippen molar-refractivity contribution in [3.05, 3.63) is 16.1 Å². The number of thiazole rings is 1. The van der Waals surface area contributed by atoms with Crippen LogP contribution >= 0.6 is 11.3 Å². The van der Waals surface area contributed by atoms with E-state index in [4.69, 9.17) is 10.2 Å². The van der Waals surface area contributed by atoms with E-state index in [-0.39, 0.29) is 6.54 Å². The first-order valence-corrected chi connectivity index (χ1v) is 6.10. The first kappa shape index (κ1) is 14.9. The number of carbonyl (C=O) groups excluding carboxylic acids is 1. The number of hydrogen-bond donors (Lipinski definition) is 4. The third-order valence-corrected chi connectivity index (χ3v) is 2.99. The molecule has 1 aromatic heterocycles. The lowest BCUT2D eigenvalue weighted by atomic mass is 10.2. The molecule has 1 heterocycles. The summed E-state index contributed by atoms with van der Waals surface area (Å²) in [5.74, 6) is -2.70. The van der Waals surface area contributed by atoms with Crippen LogP contribution in [-0.4, -0.2) is 39.2 Å². The Bertz CT molecular complexity index is 487. The van der Waals surface area contributed by atoms with Crippen molar-refractivity contribution in [2.45, 2.75) is 25.9 Å². The van der Waals surface area contributed by atoms with Crippen LogP contribution in [0.1, 0.15) is 16.3 Å². The molecule has 0 spiro atoms. The fraction of sp³-hybridized carbons (Fsp3) is 0.400. The van der Waals surface area contributed by atoms with Gasteiger partial charge in [-0.15, -0.1) is 11.3 Å². The van der Waals surface area contributed by atoms with Gasteiger partial charge in [-0.2, -0.15) is 0 Å². The second-order valence-corrected chi connectivity index (χ2v) is 4.98. The van der Waals surface area contributed by atoms with Crippen LogP contribution in [0.2, 0.25) is 0 Å². The Labute approximate surface area is 112 Å². The molecule has 1 rings (SSSR count). The lowest BCUT2D eigenvalue weighted by Gasteiger charge is -2.12. The number of nitrogens with one attached hydrogen (secondary N) is 2. The fourth-order valence-corrected chi connectivity index (χ4v) is 1.97. The van der Waals surface area contributed by atoms with Crippen molar-refractivity contribution in [1.29, 1.82) is 0 Å². The monoisotopic (exact) mass is 287 g/mol. The first-order valence-electron chi connectivity index (χ1n) is 5.28. The third-order valence-electron chi connectivity index (χ3n) is 2.07. The molecule has 4 N–H and O–H groups in total. The van der Waals surface area contributed by atoms with Crippen LogP contribution in [0.4, 0.5) is 4.79 Å². The molecule has 1 aromatic rings. The number of aliphatic carboxylic acids is 2. The number of aryl methyl sites for hydroxylation is 1. The van der Waals surface area contributed by atoms with Crippen molar-refractivity contribution in [3.8, 4) is 0 Å². The Kier molecular flexibility index (Phi) is 5.24. The van der Waals surface area contributed by atoms with Gasteiger partial charge in [0.25, 0.3) is 0 Å². The topological polar surface area (TPSA) is 129 Å². The third kappa shape index (κ3) is 5.34. The average Bonchev–Trinajstić information content (AvgIpc) is 2.71. The number of rotatable bonds is 6. The van der Waals surface area contributed by atoms with Crippen molar-refractivity contribution in [2.75, 3.05) is 0 Å². The minimum atomic E-state index is -1.46. The molecule has 1 atom stereocenters. The highest BCUT2D eigenvalue weighted by molar-refractivity contribution is 7.11. The maximum Gasteiger partial charge on any atom is 0.326 e. The molecule has 0 fully saturated rings. The van der Waals surface area contributed by atoms with Gasteiger partial charge in [0.2, 0.25) is 0 Å². The smallest absolute Gasteiger partial charge is 0.326 e. The van der Waals surface area contributed by atoms with Gasteiger partial charge in [0, 0.05) is 11.1 Å². The Hall–Kier alpha value is -2.16. The van der Waals surface area contributed by atoms with Crippen molar-refractivity contribution in [2.24, 2.45) is 0 Å². The van der Waals surface area contributed by atoms with Crippen LogP contribution in [0.25, 0.3) is 0 Å². The molecule has 0 radical (unpaired) electrons. The number of carboxylic acids is 2. The summed E-state index contributed by atoms with van der Waals surface area (Å²) < 4.78 is 0. The predicted molar refractivity (Wildman–Crippen MR) is 65.9 cm³/mol. The fourth-order valence-electron chi connectivity index (χ4n) is 1.24. The zero-order valence-electron chi connectivity index (χ0n) is 10.0. The van der Waals surface area contributed by atoms with Gasteiger partial charge in [0.1, 0.15) is 6.04 Å². The first-order chi connectivity index (χ1) is 8.88. The largest absolute Gasteiger partial charge is 0.481 e. The summed E-state index contributed by atoms with van der Waals surface area (Å²) in [7, 11) is 0. The molecular weight excluding hydrogens is 274 g/mol. The maximum atomic E-state index is 11.4. The predicted octanol–water partition coefficient (Wildman–Crippen LogP) is 0.179. The number of carbonyl (C=O) groups is 3. The lowest BCUT2D eigenvalue weighted by Crippen LogP contribution is -2.46. The molecule has 0 aromatic carbocycles. The van der Waals surface area contributed by atoms with Crippen LogP contribution in [0, 0.1) is 6.92 Å². The van der Waals surface area contributed by atoms with Gasteiger partial charge in [0.05, 0.1) is 18.0 Å². The normalized spacial score (nSPS) is 11.6. The van der Waals surface area contributed by atoms with Gasteiger partial charge < -0.3 is 20.8 Å². The summed E-state index contributed by atoms with van der Waals surface area (Å²) in [5, 5.41) is 22.6. The van der Waals surface area contributed by atoms with Crippen LogP contribution in [0.5, 0.6) is 0 Å². The number of aromatic nitrogens is 1. The molecule has 8 nitrogen and oxygen atoms in total. The molecule has 0 aliphatic rings. The minimum Gasteiger partial charge on any atom is -0.481 e. The van der Waals surface area contributed by atoms with Crippen LogP contribution < -0.4 is 10.6 Å².